The van der Waals surface area contributed by atoms with Crippen LogP contribution in [0.5, 0.6) is 11.8 Å². The van der Waals surface area contributed by atoms with E-state index < -0.39 is 5.82 Å². The molecule has 8 heteroatoms. The molecule has 0 spiro atoms. The number of benzene rings is 2. The van der Waals surface area contributed by atoms with E-state index >= 15 is 0 Å². The summed E-state index contributed by atoms with van der Waals surface area (Å²) in [6.45, 7) is 4.78. The first-order valence-corrected chi connectivity index (χ1v) is 9.88. The number of rotatable bonds is 6. The Labute approximate surface area is 177 Å². The SMILES string of the molecule is CCn1c(-c2ccnc(Oc3cccc(F)c3)n2)c(-c2ccc(F)cc2)c(=O)n1CC. The van der Waals surface area contributed by atoms with Gasteiger partial charge in [-0.2, -0.15) is 4.98 Å². The van der Waals surface area contributed by atoms with Crippen molar-refractivity contribution < 1.29 is 13.5 Å². The molecule has 158 valence electrons. The summed E-state index contributed by atoms with van der Waals surface area (Å²) >= 11 is 0. The van der Waals surface area contributed by atoms with E-state index in [4.69, 9.17) is 4.74 Å². The Kier molecular flexibility index (Phi) is 5.62. The monoisotopic (exact) mass is 422 g/mol. The predicted molar refractivity (Wildman–Crippen MR) is 113 cm³/mol. The van der Waals surface area contributed by atoms with Gasteiger partial charge < -0.3 is 4.74 Å². The van der Waals surface area contributed by atoms with Crippen molar-refractivity contribution in [3.05, 3.63) is 82.8 Å². The second-order valence-electron chi connectivity index (χ2n) is 6.75. The fraction of sp³-hybridized carbons (Fsp3) is 0.174. The summed E-state index contributed by atoms with van der Waals surface area (Å²) in [6, 6.07) is 13.1. The molecule has 0 aliphatic rings. The largest absolute Gasteiger partial charge is 0.424 e. The van der Waals surface area contributed by atoms with Gasteiger partial charge in [0.2, 0.25) is 0 Å². The van der Waals surface area contributed by atoms with Crippen LogP contribution in [0.1, 0.15) is 13.8 Å². The van der Waals surface area contributed by atoms with Crippen molar-refractivity contribution in [3.8, 4) is 34.3 Å². The van der Waals surface area contributed by atoms with Crippen LogP contribution in [0.15, 0.2) is 65.6 Å². The molecule has 0 bridgehead atoms. The summed E-state index contributed by atoms with van der Waals surface area (Å²) in [4.78, 5) is 21.8. The highest BCUT2D eigenvalue weighted by molar-refractivity contribution is 5.79. The minimum atomic E-state index is -0.438. The zero-order valence-electron chi connectivity index (χ0n) is 17.0. The second-order valence-corrected chi connectivity index (χ2v) is 6.75. The topological polar surface area (TPSA) is 61.9 Å². The van der Waals surface area contributed by atoms with Gasteiger partial charge in [0, 0.05) is 25.4 Å². The van der Waals surface area contributed by atoms with Crippen LogP contribution in [0.3, 0.4) is 0 Å². The highest BCUT2D eigenvalue weighted by Gasteiger charge is 2.23. The quantitative estimate of drug-likeness (QED) is 0.444. The first-order valence-electron chi connectivity index (χ1n) is 9.88. The molecular weight excluding hydrogens is 402 g/mol. The molecule has 0 aliphatic heterocycles. The summed E-state index contributed by atoms with van der Waals surface area (Å²) in [6.07, 6.45) is 1.51. The van der Waals surface area contributed by atoms with E-state index in [1.54, 1.807) is 28.9 Å². The number of nitrogens with zero attached hydrogens (tertiary/aromatic N) is 4. The van der Waals surface area contributed by atoms with E-state index in [9.17, 15) is 13.6 Å². The lowest BCUT2D eigenvalue weighted by atomic mass is 10.0. The molecule has 0 radical (unpaired) electrons. The van der Waals surface area contributed by atoms with Gasteiger partial charge >= 0.3 is 6.01 Å². The molecular formula is C23H20F2N4O2. The first-order chi connectivity index (χ1) is 15.0. The lowest BCUT2D eigenvalue weighted by Gasteiger charge is -2.12. The molecule has 0 amide bonds. The zero-order valence-corrected chi connectivity index (χ0v) is 17.0. The van der Waals surface area contributed by atoms with Crippen molar-refractivity contribution in [2.45, 2.75) is 26.9 Å². The predicted octanol–water partition coefficient (Wildman–Crippen LogP) is 4.88. The number of aromatic nitrogens is 4. The Morgan fingerprint density at radius 3 is 2.35 bits per heavy atom. The number of hydrogen-bond acceptors (Lipinski definition) is 4. The van der Waals surface area contributed by atoms with Gasteiger partial charge in [0.1, 0.15) is 17.4 Å². The first kappa shape index (κ1) is 20.5. The van der Waals surface area contributed by atoms with Crippen molar-refractivity contribution in [1.82, 2.24) is 19.3 Å². The molecule has 4 aromatic rings. The van der Waals surface area contributed by atoms with Gasteiger partial charge in [0.15, 0.2) is 0 Å². The van der Waals surface area contributed by atoms with Crippen LogP contribution >= 0.6 is 0 Å². The lowest BCUT2D eigenvalue weighted by molar-refractivity contribution is 0.437. The molecule has 31 heavy (non-hydrogen) atoms. The molecule has 2 aromatic carbocycles. The number of halogens is 2. The van der Waals surface area contributed by atoms with Crippen LogP contribution in [0.2, 0.25) is 0 Å². The highest BCUT2D eigenvalue weighted by atomic mass is 19.1. The summed E-state index contributed by atoms with van der Waals surface area (Å²) in [7, 11) is 0. The fourth-order valence-corrected chi connectivity index (χ4v) is 3.53. The molecule has 2 heterocycles. The summed E-state index contributed by atoms with van der Waals surface area (Å²) < 4.78 is 36.0. The maximum atomic E-state index is 13.5. The zero-order chi connectivity index (χ0) is 22.0. The minimum absolute atomic E-state index is 0.0208. The Balaban J connectivity index is 1.87. The van der Waals surface area contributed by atoms with Gasteiger partial charge in [-0.1, -0.05) is 18.2 Å². The van der Waals surface area contributed by atoms with Crippen molar-refractivity contribution in [2.24, 2.45) is 0 Å². The van der Waals surface area contributed by atoms with Gasteiger partial charge in [-0.25, -0.2) is 18.4 Å². The molecule has 0 atom stereocenters. The molecule has 0 saturated carbocycles. The summed E-state index contributed by atoms with van der Waals surface area (Å²) in [5, 5.41) is 0. The van der Waals surface area contributed by atoms with Crippen molar-refractivity contribution >= 4 is 0 Å². The maximum Gasteiger partial charge on any atom is 0.322 e. The number of hydrogen-bond donors (Lipinski definition) is 0. The fourth-order valence-electron chi connectivity index (χ4n) is 3.53. The van der Waals surface area contributed by atoms with Crippen molar-refractivity contribution in [2.75, 3.05) is 0 Å². The van der Waals surface area contributed by atoms with E-state index in [0.717, 1.165) is 0 Å². The Hall–Kier alpha value is -3.81. The molecule has 0 fully saturated rings. The summed E-state index contributed by atoms with van der Waals surface area (Å²) in [5.41, 5.74) is 1.85. The van der Waals surface area contributed by atoms with Gasteiger partial charge in [-0.15, -0.1) is 0 Å². The molecule has 0 aliphatic carbocycles. The third-order valence-corrected chi connectivity index (χ3v) is 4.85. The van der Waals surface area contributed by atoms with Crippen LogP contribution in [-0.2, 0) is 13.1 Å². The normalized spacial score (nSPS) is 11.0. The van der Waals surface area contributed by atoms with Gasteiger partial charge in [0.25, 0.3) is 5.56 Å². The molecule has 0 unspecified atom stereocenters. The Bertz CT molecular complexity index is 1280. The molecule has 0 saturated heterocycles. The number of ether oxygens (including phenoxy) is 1. The van der Waals surface area contributed by atoms with Crippen molar-refractivity contribution in [3.63, 3.8) is 0 Å². The smallest absolute Gasteiger partial charge is 0.322 e. The van der Waals surface area contributed by atoms with E-state index in [-0.39, 0.29) is 23.1 Å². The Morgan fingerprint density at radius 2 is 1.68 bits per heavy atom. The maximum absolute atomic E-state index is 13.5. The molecule has 4 rings (SSSR count). The van der Waals surface area contributed by atoms with Crippen LogP contribution in [0.25, 0.3) is 22.5 Å². The van der Waals surface area contributed by atoms with E-state index in [0.29, 0.717) is 35.6 Å². The van der Waals surface area contributed by atoms with Gasteiger partial charge in [0.05, 0.1) is 17.0 Å². The van der Waals surface area contributed by atoms with Gasteiger partial charge in [-0.3, -0.25) is 9.48 Å². The third kappa shape index (κ3) is 3.96. The van der Waals surface area contributed by atoms with E-state index in [1.165, 1.54) is 36.5 Å². The molecule has 6 nitrogen and oxygen atoms in total. The lowest BCUT2D eigenvalue weighted by Crippen LogP contribution is -2.22. The van der Waals surface area contributed by atoms with Crippen LogP contribution < -0.4 is 10.3 Å². The average molecular weight is 422 g/mol. The van der Waals surface area contributed by atoms with Crippen LogP contribution in [0, 0.1) is 11.6 Å². The Morgan fingerprint density at radius 1 is 0.935 bits per heavy atom. The average Bonchev–Trinajstić information content (AvgIpc) is 3.06. The van der Waals surface area contributed by atoms with Crippen molar-refractivity contribution in [1.29, 1.82) is 0 Å². The standard InChI is InChI=1S/C23H20F2N4O2/c1-3-28-21(20(22(30)29(28)4-2)15-8-10-16(24)11-9-15)19-12-13-26-23(27-19)31-18-7-5-6-17(25)14-18/h5-14H,3-4H2,1-2H3. The molecule has 2 aromatic heterocycles. The highest BCUT2D eigenvalue weighted by Crippen LogP contribution is 2.31. The summed E-state index contributed by atoms with van der Waals surface area (Å²) in [5.74, 6) is -0.564. The minimum Gasteiger partial charge on any atom is -0.424 e. The van der Waals surface area contributed by atoms with Crippen LogP contribution in [-0.4, -0.2) is 19.3 Å². The van der Waals surface area contributed by atoms with Gasteiger partial charge in [-0.05, 0) is 49.7 Å². The second kappa shape index (κ2) is 8.51. The van der Waals surface area contributed by atoms with Crippen LogP contribution in [0.4, 0.5) is 8.78 Å². The van der Waals surface area contributed by atoms with E-state index in [2.05, 4.69) is 9.97 Å². The van der Waals surface area contributed by atoms with E-state index in [1.807, 2.05) is 18.5 Å². The molecule has 0 N–H and O–H groups in total. The third-order valence-electron chi connectivity index (χ3n) is 4.85.